The van der Waals surface area contributed by atoms with Crippen LogP contribution in [-0.4, -0.2) is 26.8 Å². The second kappa shape index (κ2) is 6.70. The monoisotopic (exact) mass is 293 g/mol. The molecule has 5 nitrogen and oxygen atoms in total. The maximum Gasteiger partial charge on any atom is 0.183 e. The summed E-state index contributed by atoms with van der Waals surface area (Å²) in [5.41, 5.74) is 3.08. The van der Waals surface area contributed by atoms with E-state index in [0.717, 1.165) is 53.5 Å². The summed E-state index contributed by atoms with van der Waals surface area (Å²) in [4.78, 5) is 0. The molecule has 1 aromatic carbocycles. The van der Waals surface area contributed by atoms with Gasteiger partial charge < -0.3 is 5.32 Å². The van der Waals surface area contributed by atoms with Gasteiger partial charge in [-0.25, -0.2) is 4.68 Å². The number of rotatable bonds is 6. The molecule has 0 atom stereocenters. The maximum atomic E-state index is 6.32. The number of nitrogens with one attached hydrogen (secondary N) is 1. The van der Waals surface area contributed by atoms with Crippen molar-refractivity contribution in [2.45, 2.75) is 33.1 Å². The molecule has 1 N–H and O–H groups in total. The number of benzene rings is 1. The van der Waals surface area contributed by atoms with Crippen LogP contribution in [0.15, 0.2) is 12.1 Å². The van der Waals surface area contributed by atoms with Crippen LogP contribution in [-0.2, 0) is 13.5 Å². The Morgan fingerprint density at radius 2 is 2.10 bits per heavy atom. The zero-order valence-electron chi connectivity index (χ0n) is 12.1. The fraction of sp³-hybridized carbons (Fsp3) is 0.500. The molecule has 0 aliphatic heterocycles. The minimum Gasteiger partial charge on any atom is -0.384 e. The second-order valence-electron chi connectivity index (χ2n) is 4.75. The lowest BCUT2D eigenvalue weighted by Gasteiger charge is -2.14. The van der Waals surface area contributed by atoms with Gasteiger partial charge in [0.15, 0.2) is 5.82 Å². The van der Waals surface area contributed by atoms with Crippen molar-refractivity contribution in [3.63, 3.8) is 0 Å². The summed E-state index contributed by atoms with van der Waals surface area (Å²) >= 11 is 6.32. The van der Waals surface area contributed by atoms with E-state index in [1.165, 1.54) is 0 Å². The van der Waals surface area contributed by atoms with E-state index in [1.807, 2.05) is 13.1 Å². The quantitative estimate of drug-likeness (QED) is 0.830. The SMILES string of the molecule is CCCCNc1cc(Cl)c(CC)cc1-c1nnnn1C. The Morgan fingerprint density at radius 3 is 2.70 bits per heavy atom. The van der Waals surface area contributed by atoms with Gasteiger partial charge in [0, 0.05) is 29.9 Å². The summed E-state index contributed by atoms with van der Waals surface area (Å²) < 4.78 is 1.67. The highest BCUT2D eigenvalue weighted by atomic mass is 35.5. The van der Waals surface area contributed by atoms with E-state index in [0.29, 0.717) is 0 Å². The van der Waals surface area contributed by atoms with E-state index in [-0.39, 0.29) is 0 Å². The zero-order chi connectivity index (χ0) is 14.5. The van der Waals surface area contributed by atoms with Gasteiger partial charge in [0.25, 0.3) is 0 Å². The summed E-state index contributed by atoms with van der Waals surface area (Å²) in [6, 6.07) is 4.04. The highest BCUT2D eigenvalue weighted by Crippen LogP contribution is 2.32. The lowest BCUT2D eigenvalue weighted by molar-refractivity contribution is 0.714. The fourth-order valence-corrected chi connectivity index (χ4v) is 2.38. The maximum absolute atomic E-state index is 6.32. The van der Waals surface area contributed by atoms with Crippen LogP contribution < -0.4 is 5.32 Å². The van der Waals surface area contributed by atoms with Gasteiger partial charge in [-0.05, 0) is 41.0 Å². The number of aryl methyl sites for hydroxylation is 2. The first-order valence-corrected chi connectivity index (χ1v) is 7.34. The van der Waals surface area contributed by atoms with Gasteiger partial charge in [-0.1, -0.05) is 31.9 Å². The van der Waals surface area contributed by atoms with Crippen molar-refractivity contribution in [1.82, 2.24) is 20.2 Å². The highest BCUT2D eigenvalue weighted by molar-refractivity contribution is 6.31. The van der Waals surface area contributed by atoms with Crippen LogP contribution in [0.4, 0.5) is 5.69 Å². The standard InChI is InChI=1S/C14H20ClN5/c1-4-6-7-16-13-9-12(15)10(5-2)8-11(13)14-17-18-19-20(14)3/h8-9,16H,4-7H2,1-3H3. The van der Waals surface area contributed by atoms with E-state index < -0.39 is 0 Å². The van der Waals surface area contributed by atoms with Crippen molar-refractivity contribution >= 4 is 17.3 Å². The molecule has 0 radical (unpaired) electrons. The van der Waals surface area contributed by atoms with Crippen LogP contribution in [0.1, 0.15) is 32.3 Å². The van der Waals surface area contributed by atoms with Gasteiger partial charge in [-0.2, -0.15) is 0 Å². The molecule has 0 unspecified atom stereocenters. The third kappa shape index (κ3) is 3.10. The van der Waals surface area contributed by atoms with Gasteiger partial charge in [0.05, 0.1) is 0 Å². The van der Waals surface area contributed by atoms with E-state index in [4.69, 9.17) is 11.6 Å². The third-order valence-electron chi connectivity index (χ3n) is 3.27. The molecule has 20 heavy (non-hydrogen) atoms. The van der Waals surface area contributed by atoms with E-state index in [1.54, 1.807) is 4.68 Å². The van der Waals surface area contributed by atoms with Crippen LogP contribution in [0.3, 0.4) is 0 Å². The molecular weight excluding hydrogens is 274 g/mol. The van der Waals surface area contributed by atoms with Gasteiger partial charge in [0.1, 0.15) is 0 Å². The van der Waals surface area contributed by atoms with Crippen molar-refractivity contribution in [3.05, 3.63) is 22.7 Å². The number of anilines is 1. The number of unbranched alkanes of at least 4 members (excludes halogenated alkanes) is 1. The minimum absolute atomic E-state index is 0.746. The zero-order valence-corrected chi connectivity index (χ0v) is 12.9. The van der Waals surface area contributed by atoms with Crippen molar-refractivity contribution in [3.8, 4) is 11.4 Å². The lowest BCUT2D eigenvalue weighted by atomic mass is 10.1. The van der Waals surface area contributed by atoms with E-state index in [9.17, 15) is 0 Å². The largest absolute Gasteiger partial charge is 0.384 e. The Hall–Kier alpha value is -1.62. The number of tetrazole rings is 1. The van der Waals surface area contributed by atoms with Crippen LogP contribution >= 0.6 is 11.6 Å². The van der Waals surface area contributed by atoms with Crippen LogP contribution in [0.2, 0.25) is 5.02 Å². The summed E-state index contributed by atoms with van der Waals surface area (Å²) in [5, 5.41) is 15.9. The van der Waals surface area contributed by atoms with Crippen LogP contribution in [0, 0.1) is 0 Å². The molecule has 0 aliphatic rings. The molecule has 1 aromatic heterocycles. The summed E-state index contributed by atoms with van der Waals surface area (Å²) in [6.45, 7) is 5.17. The lowest BCUT2D eigenvalue weighted by Crippen LogP contribution is -2.05. The molecule has 2 aromatic rings. The first kappa shape index (κ1) is 14.8. The van der Waals surface area contributed by atoms with Crippen molar-refractivity contribution in [1.29, 1.82) is 0 Å². The van der Waals surface area contributed by atoms with Gasteiger partial charge >= 0.3 is 0 Å². The summed E-state index contributed by atoms with van der Waals surface area (Å²) in [5.74, 6) is 0.746. The molecule has 0 aliphatic carbocycles. The molecule has 108 valence electrons. The first-order chi connectivity index (χ1) is 9.67. The third-order valence-corrected chi connectivity index (χ3v) is 3.63. The van der Waals surface area contributed by atoms with Gasteiger partial charge in [-0.3, -0.25) is 0 Å². The Morgan fingerprint density at radius 1 is 1.30 bits per heavy atom. The molecule has 1 heterocycles. The molecule has 6 heteroatoms. The molecule has 0 spiro atoms. The van der Waals surface area contributed by atoms with Crippen LogP contribution in [0.25, 0.3) is 11.4 Å². The summed E-state index contributed by atoms with van der Waals surface area (Å²) in [6.07, 6.45) is 3.14. The Balaban J connectivity index is 2.43. The smallest absolute Gasteiger partial charge is 0.183 e. The molecule has 0 fully saturated rings. The van der Waals surface area contributed by atoms with Crippen molar-refractivity contribution < 1.29 is 0 Å². The number of nitrogens with zero attached hydrogens (tertiary/aromatic N) is 4. The average Bonchev–Trinajstić information content (AvgIpc) is 2.85. The number of hydrogen-bond donors (Lipinski definition) is 1. The molecule has 2 rings (SSSR count). The number of hydrogen-bond acceptors (Lipinski definition) is 4. The molecule has 0 saturated heterocycles. The van der Waals surface area contributed by atoms with Crippen LogP contribution in [0.5, 0.6) is 0 Å². The fourth-order valence-electron chi connectivity index (χ4n) is 2.08. The highest BCUT2D eigenvalue weighted by Gasteiger charge is 2.14. The predicted octanol–water partition coefficient (Wildman–Crippen LogP) is 3.30. The Kier molecular flexibility index (Phi) is 4.95. The number of aromatic nitrogens is 4. The topological polar surface area (TPSA) is 55.6 Å². The average molecular weight is 294 g/mol. The van der Waals surface area contributed by atoms with Gasteiger partial charge in [0.2, 0.25) is 0 Å². The normalized spacial score (nSPS) is 10.8. The van der Waals surface area contributed by atoms with E-state index >= 15 is 0 Å². The predicted molar refractivity (Wildman–Crippen MR) is 82.0 cm³/mol. The molecule has 0 saturated carbocycles. The second-order valence-corrected chi connectivity index (χ2v) is 5.16. The van der Waals surface area contributed by atoms with Gasteiger partial charge in [-0.15, -0.1) is 5.10 Å². The first-order valence-electron chi connectivity index (χ1n) is 6.96. The minimum atomic E-state index is 0.746. The number of halogens is 1. The Bertz CT molecular complexity index is 579. The summed E-state index contributed by atoms with van der Waals surface area (Å²) in [7, 11) is 1.84. The Labute approximate surface area is 124 Å². The van der Waals surface area contributed by atoms with E-state index in [2.05, 4.69) is 40.8 Å². The van der Waals surface area contributed by atoms with Crippen molar-refractivity contribution in [2.75, 3.05) is 11.9 Å². The van der Waals surface area contributed by atoms with Crippen molar-refractivity contribution in [2.24, 2.45) is 7.05 Å². The molecule has 0 amide bonds. The molecule has 0 bridgehead atoms. The molecular formula is C14H20ClN5.